The monoisotopic (exact) mass is 349 g/mol. The van der Waals surface area contributed by atoms with E-state index in [2.05, 4.69) is 31.1 Å². The molecule has 0 bridgehead atoms. The molecule has 1 aliphatic rings. The molecule has 0 unspecified atom stereocenters. The van der Waals surface area contributed by atoms with E-state index in [-0.39, 0.29) is 5.91 Å². The summed E-state index contributed by atoms with van der Waals surface area (Å²) in [4.78, 5) is 18.6. The zero-order valence-corrected chi connectivity index (χ0v) is 13.1. The third-order valence-electron chi connectivity index (χ3n) is 3.49. The highest BCUT2D eigenvalue weighted by Crippen LogP contribution is 2.17. The Morgan fingerprint density at radius 1 is 1.29 bits per heavy atom. The maximum atomic E-state index is 11.9. The van der Waals surface area contributed by atoms with Crippen LogP contribution in [0.4, 0.5) is 5.82 Å². The van der Waals surface area contributed by atoms with Gasteiger partial charge in [0.25, 0.3) is 5.91 Å². The maximum absolute atomic E-state index is 11.9. The molecule has 0 aromatic carbocycles. The van der Waals surface area contributed by atoms with Gasteiger partial charge in [0.2, 0.25) is 0 Å². The van der Waals surface area contributed by atoms with Crippen LogP contribution in [0.2, 0.25) is 0 Å². The molecule has 0 saturated carbocycles. The van der Waals surface area contributed by atoms with Crippen LogP contribution in [0.15, 0.2) is 39.5 Å². The quantitative estimate of drug-likeness (QED) is 0.921. The first-order valence-electron chi connectivity index (χ1n) is 6.96. The third-order valence-corrected chi connectivity index (χ3v) is 3.92. The van der Waals surface area contributed by atoms with E-state index in [1.54, 1.807) is 12.1 Å². The molecule has 1 saturated heterocycles. The van der Waals surface area contributed by atoms with Gasteiger partial charge in [-0.1, -0.05) is 6.07 Å². The summed E-state index contributed by atoms with van der Waals surface area (Å²) in [5, 5.41) is 2.81. The zero-order chi connectivity index (χ0) is 14.7. The number of hydrogen-bond donors (Lipinski definition) is 1. The van der Waals surface area contributed by atoms with Crippen LogP contribution in [0, 0.1) is 0 Å². The van der Waals surface area contributed by atoms with Crippen molar-refractivity contribution >= 4 is 27.7 Å². The van der Waals surface area contributed by atoms with E-state index in [1.165, 1.54) is 12.8 Å². The lowest BCUT2D eigenvalue weighted by Gasteiger charge is -2.16. The molecule has 0 atom stereocenters. The first kappa shape index (κ1) is 14.1. The largest absolute Gasteiger partial charge is 0.444 e. The van der Waals surface area contributed by atoms with Crippen LogP contribution in [-0.4, -0.2) is 24.0 Å². The Kier molecular flexibility index (Phi) is 4.24. The lowest BCUT2D eigenvalue weighted by molar-refractivity contribution is 0.0922. The predicted molar refractivity (Wildman–Crippen MR) is 83.3 cm³/mol. The molecule has 3 heterocycles. The van der Waals surface area contributed by atoms with E-state index in [4.69, 9.17) is 4.42 Å². The van der Waals surface area contributed by atoms with Crippen molar-refractivity contribution in [3.63, 3.8) is 0 Å². The number of amides is 1. The molecule has 1 aliphatic heterocycles. The van der Waals surface area contributed by atoms with Gasteiger partial charge in [0.1, 0.15) is 5.82 Å². The van der Waals surface area contributed by atoms with E-state index < -0.39 is 0 Å². The molecule has 2 aromatic heterocycles. The number of carbonyl (C=O) groups is 1. The fourth-order valence-electron chi connectivity index (χ4n) is 2.36. The smallest absolute Gasteiger partial charge is 0.287 e. The number of aromatic nitrogens is 1. The molecular formula is C15H16BrN3O2. The first-order chi connectivity index (χ1) is 10.2. The molecule has 6 heteroatoms. The summed E-state index contributed by atoms with van der Waals surface area (Å²) in [6.07, 6.45) is 4.28. The van der Waals surface area contributed by atoms with Gasteiger partial charge in [-0.2, -0.15) is 0 Å². The van der Waals surface area contributed by atoms with E-state index in [9.17, 15) is 4.79 Å². The summed E-state index contributed by atoms with van der Waals surface area (Å²) in [6, 6.07) is 7.34. The van der Waals surface area contributed by atoms with Gasteiger partial charge < -0.3 is 14.6 Å². The number of hydrogen-bond acceptors (Lipinski definition) is 4. The van der Waals surface area contributed by atoms with Gasteiger partial charge in [-0.15, -0.1) is 0 Å². The number of anilines is 1. The lowest BCUT2D eigenvalue weighted by Crippen LogP contribution is -2.23. The second-order valence-corrected chi connectivity index (χ2v) is 5.79. The van der Waals surface area contributed by atoms with Crippen LogP contribution in [0.5, 0.6) is 0 Å². The van der Waals surface area contributed by atoms with E-state index >= 15 is 0 Å². The normalized spacial score (nSPS) is 14.4. The van der Waals surface area contributed by atoms with Gasteiger partial charge >= 0.3 is 0 Å². The second kappa shape index (κ2) is 6.30. The van der Waals surface area contributed by atoms with Gasteiger partial charge in [0.15, 0.2) is 10.4 Å². The molecule has 0 aliphatic carbocycles. The van der Waals surface area contributed by atoms with Gasteiger partial charge in [0, 0.05) is 25.8 Å². The maximum Gasteiger partial charge on any atom is 0.287 e. The fourth-order valence-corrected chi connectivity index (χ4v) is 2.67. The Bertz CT molecular complexity index is 618. The summed E-state index contributed by atoms with van der Waals surface area (Å²) in [6.45, 7) is 2.59. The molecule has 3 rings (SSSR count). The fraction of sp³-hybridized carbons (Fsp3) is 0.333. The third kappa shape index (κ3) is 3.44. The van der Waals surface area contributed by atoms with Gasteiger partial charge in [0.05, 0.1) is 0 Å². The standard InChI is InChI=1S/C15H16BrN3O2/c16-13-5-4-12(21-13)15(20)18-10-11-3-6-14(17-9-11)19-7-1-2-8-19/h3-6,9H,1-2,7-8,10H2,(H,18,20). The van der Waals surface area contributed by atoms with Gasteiger partial charge in [-0.25, -0.2) is 4.98 Å². The minimum absolute atomic E-state index is 0.232. The molecule has 0 spiro atoms. The molecule has 110 valence electrons. The summed E-state index contributed by atoms with van der Waals surface area (Å²) >= 11 is 3.18. The number of rotatable bonds is 4. The minimum atomic E-state index is -0.232. The lowest BCUT2D eigenvalue weighted by atomic mass is 10.2. The van der Waals surface area contributed by atoms with Crippen LogP contribution in [0.25, 0.3) is 0 Å². The average Bonchev–Trinajstić information content (AvgIpc) is 3.16. The van der Waals surface area contributed by atoms with Crippen molar-refractivity contribution in [1.29, 1.82) is 0 Å². The number of nitrogens with zero attached hydrogens (tertiary/aromatic N) is 2. The SMILES string of the molecule is O=C(NCc1ccc(N2CCCC2)nc1)c1ccc(Br)o1. The second-order valence-electron chi connectivity index (χ2n) is 5.01. The molecule has 1 amide bonds. The summed E-state index contributed by atoms with van der Waals surface area (Å²) in [5.74, 6) is 1.07. The number of halogens is 1. The van der Waals surface area contributed by atoms with Crippen molar-refractivity contribution in [3.8, 4) is 0 Å². The van der Waals surface area contributed by atoms with Crippen LogP contribution < -0.4 is 10.2 Å². The molecule has 1 fully saturated rings. The molecule has 1 N–H and O–H groups in total. The predicted octanol–water partition coefficient (Wildman–Crippen LogP) is 2.97. The summed E-state index contributed by atoms with van der Waals surface area (Å²) < 4.78 is 5.75. The molecule has 21 heavy (non-hydrogen) atoms. The van der Waals surface area contributed by atoms with Crippen molar-refractivity contribution in [2.45, 2.75) is 19.4 Å². The number of pyridine rings is 1. The Hall–Kier alpha value is -1.82. The van der Waals surface area contributed by atoms with Crippen molar-refractivity contribution < 1.29 is 9.21 Å². The molecule has 2 aromatic rings. The van der Waals surface area contributed by atoms with Crippen LogP contribution in [0.1, 0.15) is 29.0 Å². The number of furan rings is 1. The number of nitrogens with one attached hydrogen (secondary N) is 1. The minimum Gasteiger partial charge on any atom is -0.444 e. The Labute approximate surface area is 131 Å². The average molecular weight is 350 g/mol. The van der Waals surface area contributed by atoms with Crippen LogP contribution >= 0.6 is 15.9 Å². The van der Waals surface area contributed by atoms with E-state index in [0.29, 0.717) is 17.0 Å². The highest BCUT2D eigenvalue weighted by molar-refractivity contribution is 9.10. The summed E-state index contributed by atoms with van der Waals surface area (Å²) in [7, 11) is 0. The molecule has 5 nitrogen and oxygen atoms in total. The Morgan fingerprint density at radius 3 is 2.71 bits per heavy atom. The number of carbonyl (C=O) groups excluding carboxylic acids is 1. The van der Waals surface area contributed by atoms with E-state index in [0.717, 1.165) is 24.5 Å². The topological polar surface area (TPSA) is 58.4 Å². The van der Waals surface area contributed by atoms with Crippen molar-refractivity contribution in [3.05, 3.63) is 46.5 Å². The first-order valence-corrected chi connectivity index (χ1v) is 7.75. The highest BCUT2D eigenvalue weighted by atomic mass is 79.9. The van der Waals surface area contributed by atoms with Crippen molar-refractivity contribution in [2.24, 2.45) is 0 Å². The Morgan fingerprint density at radius 2 is 2.10 bits per heavy atom. The zero-order valence-electron chi connectivity index (χ0n) is 11.5. The van der Waals surface area contributed by atoms with Crippen LogP contribution in [0.3, 0.4) is 0 Å². The van der Waals surface area contributed by atoms with Gasteiger partial charge in [-0.3, -0.25) is 4.79 Å². The van der Waals surface area contributed by atoms with Crippen LogP contribution in [-0.2, 0) is 6.54 Å². The van der Waals surface area contributed by atoms with Crippen molar-refractivity contribution in [1.82, 2.24) is 10.3 Å². The summed E-state index contributed by atoms with van der Waals surface area (Å²) in [5.41, 5.74) is 0.969. The van der Waals surface area contributed by atoms with Crippen molar-refractivity contribution in [2.75, 3.05) is 18.0 Å². The van der Waals surface area contributed by atoms with Gasteiger partial charge in [-0.05, 0) is 52.5 Å². The Balaban J connectivity index is 1.56. The molecule has 0 radical (unpaired) electrons. The van der Waals surface area contributed by atoms with E-state index in [1.807, 2.05) is 18.3 Å². The highest BCUT2D eigenvalue weighted by Gasteiger charge is 2.13. The molecular weight excluding hydrogens is 334 g/mol.